The maximum absolute atomic E-state index is 14.0. The van der Waals surface area contributed by atoms with E-state index in [0.717, 1.165) is 48.2 Å². The van der Waals surface area contributed by atoms with Gasteiger partial charge in [0.05, 0.1) is 27.5 Å². The van der Waals surface area contributed by atoms with Gasteiger partial charge in [0, 0.05) is 21.2 Å². The van der Waals surface area contributed by atoms with Gasteiger partial charge >= 0.3 is 0 Å². The molecule has 0 N–H and O–H groups in total. The molecule has 0 saturated heterocycles. The van der Waals surface area contributed by atoms with Gasteiger partial charge in [-0.3, -0.25) is 4.79 Å². The standard InChI is InChI=1S/C38H21N3OS/c42-37-31-20-35-30(21-36(31)43-38-39-32-14-6-8-16-34(32)41(37)38)28-13-5-7-15-33(28)40(35)22-17-18-27-25-11-2-1-9-23(25)24-10-3-4-12-26(24)29(27)19-22/h1-21H. The first-order valence-corrected chi connectivity index (χ1v) is 15.2. The first-order chi connectivity index (χ1) is 21.2. The summed E-state index contributed by atoms with van der Waals surface area (Å²) in [5.41, 5.74) is 4.85. The van der Waals surface area contributed by atoms with Crippen molar-refractivity contribution in [3.8, 4) is 5.69 Å². The van der Waals surface area contributed by atoms with Gasteiger partial charge in [-0.1, -0.05) is 96.3 Å². The largest absolute Gasteiger partial charge is 0.309 e. The lowest BCUT2D eigenvalue weighted by Crippen LogP contribution is -2.11. The number of para-hydroxylation sites is 3. The predicted octanol–water partition coefficient (Wildman–Crippen LogP) is 9.62. The van der Waals surface area contributed by atoms with Crippen molar-refractivity contribution in [1.29, 1.82) is 0 Å². The van der Waals surface area contributed by atoms with Gasteiger partial charge in [-0.25, -0.2) is 9.38 Å². The molecule has 0 aliphatic heterocycles. The monoisotopic (exact) mass is 567 g/mol. The van der Waals surface area contributed by atoms with Gasteiger partial charge in [0.1, 0.15) is 0 Å². The number of hydrogen-bond donors (Lipinski definition) is 0. The summed E-state index contributed by atoms with van der Waals surface area (Å²) in [5, 5.41) is 10.5. The number of fused-ring (bicyclic) bond motifs is 13. The molecule has 3 heterocycles. The van der Waals surface area contributed by atoms with Gasteiger partial charge in [0.2, 0.25) is 0 Å². The van der Waals surface area contributed by atoms with Crippen LogP contribution in [0.1, 0.15) is 0 Å². The van der Waals surface area contributed by atoms with Gasteiger partial charge in [0.15, 0.2) is 4.96 Å². The summed E-state index contributed by atoms with van der Waals surface area (Å²) in [6.07, 6.45) is 0. The number of nitrogens with zero attached hydrogens (tertiary/aromatic N) is 3. The van der Waals surface area contributed by atoms with E-state index in [-0.39, 0.29) is 5.56 Å². The maximum Gasteiger partial charge on any atom is 0.266 e. The van der Waals surface area contributed by atoms with Crippen LogP contribution in [0.15, 0.2) is 132 Å². The van der Waals surface area contributed by atoms with E-state index in [1.807, 2.05) is 24.3 Å². The summed E-state index contributed by atoms with van der Waals surface area (Å²) in [7, 11) is 0. The second-order valence-corrected chi connectivity index (χ2v) is 12.2. The van der Waals surface area contributed by atoms with Gasteiger partial charge in [-0.05, 0) is 74.8 Å². The van der Waals surface area contributed by atoms with Crippen LogP contribution in [-0.4, -0.2) is 14.0 Å². The van der Waals surface area contributed by atoms with Crippen molar-refractivity contribution >= 4 is 91.5 Å². The zero-order valence-electron chi connectivity index (χ0n) is 22.8. The van der Waals surface area contributed by atoms with Crippen molar-refractivity contribution < 1.29 is 0 Å². The Balaban J connectivity index is 1.35. The molecule has 200 valence electrons. The fourth-order valence-electron chi connectivity index (χ4n) is 7.05. The molecule has 0 unspecified atom stereocenters. The van der Waals surface area contributed by atoms with Crippen LogP contribution in [-0.2, 0) is 0 Å². The van der Waals surface area contributed by atoms with Crippen molar-refractivity contribution in [3.05, 3.63) is 138 Å². The predicted molar refractivity (Wildman–Crippen MR) is 181 cm³/mol. The van der Waals surface area contributed by atoms with Crippen molar-refractivity contribution in [2.24, 2.45) is 0 Å². The highest BCUT2D eigenvalue weighted by atomic mass is 32.1. The van der Waals surface area contributed by atoms with Crippen molar-refractivity contribution in [2.75, 3.05) is 0 Å². The van der Waals surface area contributed by atoms with Crippen molar-refractivity contribution in [2.45, 2.75) is 0 Å². The SMILES string of the molecule is O=c1c2cc3c(cc2sc2nc4ccccc4n12)c1ccccc1n3-c1ccc2c3ccccc3c3ccccc3c2c1. The molecule has 3 aromatic heterocycles. The van der Waals surface area contributed by atoms with E-state index >= 15 is 0 Å². The Kier molecular flexibility index (Phi) is 4.44. The lowest BCUT2D eigenvalue weighted by atomic mass is 9.94. The Hall–Kier alpha value is -5.52. The summed E-state index contributed by atoms with van der Waals surface area (Å²) < 4.78 is 5.02. The lowest BCUT2D eigenvalue weighted by molar-refractivity contribution is 1.18. The average Bonchev–Trinajstić information content (AvgIpc) is 3.59. The first-order valence-electron chi connectivity index (χ1n) is 14.4. The summed E-state index contributed by atoms with van der Waals surface area (Å²) in [5.74, 6) is 0. The summed E-state index contributed by atoms with van der Waals surface area (Å²) in [6.45, 7) is 0. The highest BCUT2D eigenvalue weighted by Gasteiger charge is 2.18. The lowest BCUT2D eigenvalue weighted by Gasteiger charge is -2.14. The third kappa shape index (κ3) is 3.04. The molecule has 0 spiro atoms. The highest BCUT2D eigenvalue weighted by molar-refractivity contribution is 7.23. The van der Waals surface area contributed by atoms with Gasteiger partial charge in [-0.15, -0.1) is 0 Å². The van der Waals surface area contributed by atoms with E-state index in [0.29, 0.717) is 5.39 Å². The summed E-state index contributed by atoms with van der Waals surface area (Å²) in [4.78, 5) is 19.5. The zero-order valence-corrected chi connectivity index (χ0v) is 23.6. The minimum atomic E-state index is -0.0351. The molecule has 0 radical (unpaired) electrons. The van der Waals surface area contributed by atoms with Crippen molar-refractivity contribution in [3.63, 3.8) is 0 Å². The molecular weight excluding hydrogens is 547 g/mol. The third-order valence-electron chi connectivity index (χ3n) is 8.92. The van der Waals surface area contributed by atoms with Crippen LogP contribution in [0.3, 0.4) is 0 Å². The molecule has 0 aliphatic carbocycles. The van der Waals surface area contributed by atoms with Crippen LogP contribution in [0.2, 0.25) is 0 Å². The molecule has 0 saturated carbocycles. The second-order valence-electron chi connectivity index (χ2n) is 11.2. The molecule has 7 aromatic carbocycles. The quantitative estimate of drug-likeness (QED) is 0.185. The van der Waals surface area contributed by atoms with E-state index in [2.05, 4.69) is 108 Å². The molecule has 0 atom stereocenters. The van der Waals surface area contributed by atoms with Crippen LogP contribution in [0, 0.1) is 0 Å². The maximum atomic E-state index is 14.0. The Morgan fingerprint density at radius 2 is 1.09 bits per heavy atom. The molecule has 43 heavy (non-hydrogen) atoms. The molecule has 0 amide bonds. The summed E-state index contributed by atoms with van der Waals surface area (Å²) in [6, 6.07) is 44.7. The fourth-order valence-corrected chi connectivity index (χ4v) is 8.09. The molecule has 0 bridgehead atoms. The van der Waals surface area contributed by atoms with Gasteiger partial charge < -0.3 is 4.57 Å². The van der Waals surface area contributed by atoms with Crippen LogP contribution in [0.5, 0.6) is 0 Å². The fraction of sp³-hybridized carbons (Fsp3) is 0. The second kappa shape index (κ2) is 8.28. The number of aromatic nitrogens is 3. The number of hydrogen-bond acceptors (Lipinski definition) is 3. The normalized spacial score (nSPS) is 12.3. The Labute approximate surface area is 248 Å². The van der Waals surface area contributed by atoms with E-state index in [1.54, 1.807) is 15.7 Å². The Morgan fingerprint density at radius 1 is 0.488 bits per heavy atom. The van der Waals surface area contributed by atoms with E-state index < -0.39 is 0 Å². The van der Waals surface area contributed by atoms with E-state index in [9.17, 15) is 4.79 Å². The molecule has 5 heteroatoms. The smallest absolute Gasteiger partial charge is 0.266 e. The molecule has 10 rings (SSSR count). The Bertz CT molecular complexity index is 2840. The highest BCUT2D eigenvalue weighted by Crippen LogP contribution is 2.39. The number of benzene rings is 7. The third-order valence-corrected chi connectivity index (χ3v) is 9.94. The van der Waals surface area contributed by atoms with Gasteiger partial charge in [0.25, 0.3) is 5.56 Å². The zero-order chi connectivity index (χ0) is 28.2. The molecule has 0 aliphatic rings. The van der Waals surface area contributed by atoms with Crippen molar-refractivity contribution in [1.82, 2.24) is 14.0 Å². The molecule has 4 nitrogen and oxygen atoms in total. The van der Waals surface area contributed by atoms with Crippen LogP contribution in [0.25, 0.3) is 85.9 Å². The van der Waals surface area contributed by atoms with Gasteiger partial charge in [-0.2, -0.15) is 0 Å². The minimum Gasteiger partial charge on any atom is -0.309 e. The van der Waals surface area contributed by atoms with Crippen LogP contribution >= 0.6 is 11.3 Å². The number of rotatable bonds is 1. The van der Waals surface area contributed by atoms with Crippen LogP contribution in [0.4, 0.5) is 0 Å². The Morgan fingerprint density at radius 3 is 1.84 bits per heavy atom. The molecular formula is C38H21N3OS. The molecule has 10 aromatic rings. The average molecular weight is 568 g/mol. The minimum absolute atomic E-state index is 0.0351. The first kappa shape index (κ1) is 23.1. The van der Waals surface area contributed by atoms with E-state index in [4.69, 9.17) is 4.98 Å². The number of imidazole rings is 1. The summed E-state index contributed by atoms with van der Waals surface area (Å²) >= 11 is 1.57. The van der Waals surface area contributed by atoms with Crippen LogP contribution < -0.4 is 5.56 Å². The van der Waals surface area contributed by atoms with E-state index in [1.165, 1.54) is 32.3 Å². The topological polar surface area (TPSA) is 39.3 Å². The molecule has 0 fully saturated rings.